The Morgan fingerprint density at radius 3 is 2.53 bits per heavy atom. The average molecular weight is 430 g/mol. The predicted octanol–water partition coefficient (Wildman–Crippen LogP) is 2.82. The number of nitrogens with zero attached hydrogens (tertiary/aromatic N) is 5. The molecule has 7 nitrogen and oxygen atoms in total. The molecule has 0 aromatic carbocycles. The van der Waals surface area contributed by atoms with E-state index in [2.05, 4.69) is 15.0 Å². The molecule has 2 aromatic heterocycles. The Labute approximate surface area is 168 Å². The number of aromatic nitrogens is 3. The molecule has 1 atom stereocenters. The lowest BCUT2D eigenvalue weighted by Crippen LogP contribution is -2.56. The fourth-order valence-electron chi connectivity index (χ4n) is 3.45. The third-order valence-corrected chi connectivity index (χ3v) is 4.95. The van der Waals surface area contributed by atoms with Gasteiger partial charge in [0.25, 0.3) is 5.92 Å². The normalized spacial score (nSPS) is 21.5. The molecular formula is C18H19F5N6O. The van der Waals surface area contributed by atoms with E-state index >= 15 is 0 Å². The number of pyridine rings is 1. The minimum absolute atomic E-state index is 0.0660. The second-order valence-corrected chi connectivity index (χ2v) is 7.37. The van der Waals surface area contributed by atoms with Gasteiger partial charge in [0.15, 0.2) is 5.69 Å². The van der Waals surface area contributed by atoms with Crippen LogP contribution in [0.2, 0.25) is 0 Å². The zero-order chi connectivity index (χ0) is 21.7. The highest BCUT2D eigenvalue weighted by atomic mass is 19.4. The third kappa shape index (κ3) is 3.95. The maximum atomic E-state index is 13.6. The first-order valence-electron chi connectivity index (χ1n) is 9.24. The average Bonchev–Trinajstić information content (AvgIpc) is 2.65. The van der Waals surface area contributed by atoms with Gasteiger partial charge in [-0.25, -0.2) is 18.7 Å². The molecule has 2 aromatic rings. The van der Waals surface area contributed by atoms with E-state index in [0.29, 0.717) is 19.8 Å². The Bertz CT molecular complexity index is 945. The summed E-state index contributed by atoms with van der Waals surface area (Å²) < 4.78 is 72.9. The van der Waals surface area contributed by atoms with E-state index in [0.717, 1.165) is 0 Å². The van der Waals surface area contributed by atoms with Crippen molar-refractivity contribution in [1.29, 1.82) is 0 Å². The molecule has 0 radical (unpaired) electrons. The lowest BCUT2D eigenvalue weighted by molar-refractivity contribution is -0.140. The van der Waals surface area contributed by atoms with E-state index in [1.54, 1.807) is 4.90 Å². The van der Waals surface area contributed by atoms with Gasteiger partial charge in [-0.2, -0.15) is 18.2 Å². The van der Waals surface area contributed by atoms with Crippen LogP contribution < -0.4 is 15.5 Å². The van der Waals surface area contributed by atoms with Crippen LogP contribution in [0.4, 0.5) is 39.5 Å². The molecule has 4 heterocycles. The maximum absolute atomic E-state index is 13.6. The topological polar surface area (TPSA) is 80.4 Å². The fraction of sp³-hybridized carbons (Fsp3) is 0.500. The quantitative estimate of drug-likeness (QED) is 0.750. The molecule has 0 bridgehead atoms. The van der Waals surface area contributed by atoms with Gasteiger partial charge in [-0.1, -0.05) is 0 Å². The molecule has 162 valence electrons. The Balaban J connectivity index is 1.83. The summed E-state index contributed by atoms with van der Waals surface area (Å²) >= 11 is 0. The molecule has 0 aliphatic carbocycles. The number of hydrogen-bond donors (Lipinski definition) is 1. The highest BCUT2D eigenvalue weighted by Crippen LogP contribution is 2.38. The van der Waals surface area contributed by atoms with Gasteiger partial charge in [0.05, 0.1) is 38.0 Å². The third-order valence-electron chi connectivity index (χ3n) is 4.95. The van der Waals surface area contributed by atoms with Crippen LogP contribution in [0.25, 0.3) is 11.3 Å². The number of anilines is 3. The summed E-state index contributed by atoms with van der Waals surface area (Å²) in [4.78, 5) is 15.2. The molecule has 2 aliphatic heterocycles. The largest absolute Gasteiger partial charge is 0.434 e. The minimum atomic E-state index is -4.77. The monoisotopic (exact) mass is 430 g/mol. The van der Waals surface area contributed by atoms with Crippen molar-refractivity contribution >= 4 is 17.6 Å². The number of morpholine rings is 1. The number of ether oxygens (including phenoxy) is 1. The number of alkyl halides is 5. The van der Waals surface area contributed by atoms with Crippen molar-refractivity contribution < 1.29 is 26.7 Å². The molecular weight excluding hydrogens is 411 g/mol. The second-order valence-electron chi connectivity index (χ2n) is 7.37. The van der Waals surface area contributed by atoms with E-state index in [1.165, 1.54) is 23.1 Å². The summed E-state index contributed by atoms with van der Waals surface area (Å²) in [7, 11) is 0. The molecule has 4 rings (SSSR count). The Morgan fingerprint density at radius 2 is 1.90 bits per heavy atom. The summed E-state index contributed by atoms with van der Waals surface area (Å²) in [6, 6.07) is 3.55. The van der Waals surface area contributed by atoms with Crippen LogP contribution in [0.5, 0.6) is 0 Å². The van der Waals surface area contributed by atoms with Gasteiger partial charge in [-0.05, 0) is 19.1 Å². The van der Waals surface area contributed by atoms with E-state index in [-0.39, 0.29) is 34.9 Å². The standard InChI is InChI=1S/C18H19F5N6O/c1-10-7-30-5-4-29(10)16-25-12(6-14(27-16)28-8-17(19,20)9-28)11-2-3-13(24)26-15(11)18(21,22)23/h2-3,6,10H,4-5,7-9H2,1H3,(H2,24,26)/t10-/m1/s1. The Hall–Kier alpha value is -2.76. The van der Waals surface area contributed by atoms with E-state index in [1.807, 2.05) is 6.92 Å². The van der Waals surface area contributed by atoms with Crippen LogP contribution >= 0.6 is 0 Å². The van der Waals surface area contributed by atoms with Crippen molar-refractivity contribution in [3.05, 3.63) is 23.9 Å². The van der Waals surface area contributed by atoms with Crippen molar-refractivity contribution in [2.45, 2.75) is 25.1 Å². The van der Waals surface area contributed by atoms with Gasteiger partial charge in [-0.15, -0.1) is 0 Å². The molecule has 30 heavy (non-hydrogen) atoms. The Morgan fingerprint density at radius 1 is 1.17 bits per heavy atom. The van der Waals surface area contributed by atoms with Crippen LogP contribution in [-0.2, 0) is 10.9 Å². The fourth-order valence-corrected chi connectivity index (χ4v) is 3.45. The number of rotatable bonds is 3. The molecule has 12 heteroatoms. The highest BCUT2D eigenvalue weighted by molar-refractivity contribution is 5.69. The first-order chi connectivity index (χ1) is 14.0. The predicted molar refractivity (Wildman–Crippen MR) is 99.5 cm³/mol. The van der Waals surface area contributed by atoms with Crippen LogP contribution in [0.15, 0.2) is 18.2 Å². The van der Waals surface area contributed by atoms with Gasteiger partial charge < -0.3 is 20.3 Å². The molecule has 0 saturated carbocycles. The Kier molecular flexibility index (Phi) is 4.91. The number of nitrogens with two attached hydrogens (primary N) is 1. The van der Waals surface area contributed by atoms with E-state index in [4.69, 9.17) is 10.5 Å². The van der Waals surface area contributed by atoms with Gasteiger partial charge >= 0.3 is 6.18 Å². The van der Waals surface area contributed by atoms with Crippen molar-refractivity contribution in [1.82, 2.24) is 15.0 Å². The van der Waals surface area contributed by atoms with Crippen molar-refractivity contribution in [3.63, 3.8) is 0 Å². The maximum Gasteiger partial charge on any atom is 0.434 e. The van der Waals surface area contributed by atoms with Gasteiger partial charge in [0.1, 0.15) is 11.6 Å². The summed E-state index contributed by atoms with van der Waals surface area (Å²) in [5.41, 5.74) is 3.89. The molecule has 0 unspecified atom stereocenters. The van der Waals surface area contributed by atoms with Crippen LogP contribution in [0.1, 0.15) is 12.6 Å². The molecule has 2 saturated heterocycles. The zero-order valence-electron chi connectivity index (χ0n) is 16.0. The SMILES string of the molecule is C[C@@H]1COCCN1c1nc(-c2ccc(N)nc2C(F)(F)F)cc(N2CC(F)(F)C2)n1. The molecule has 0 amide bonds. The summed E-state index contributed by atoms with van der Waals surface area (Å²) in [6.07, 6.45) is -4.77. The number of nitrogen functional groups attached to an aromatic ring is 1. The molecule has 2 N–H and O–H groups in total. The summed E-state index contributed by atoms with van der Waals surface area (Å²) in [5.74, 6) is -2.87. The van der Waals surface area contributed by atoms with Gasteiger partial charge in [0.2, 0.25) is 5.95 Å². The van der Waals surface area contributed by atoms with Crippen molar-refractivity contribution in [2.24, 2.45) is 0 Å². The molecule has 2 fully saturated rings. The number of hydrogen-bond acceptors (Lipinski definition) is 7. The molecule has 2 aliphatic rings. The lowest BCUT2D eigenvalue weighted by atomic mass is 10.1. The zero-order valence-corrected chi connectivity index (χ0v) is 16.0. The van der Waals surface area contributed by atoms with Crippen LogP contribution in [0.3, 0.4) is 0 Å². The van der Waals surface area contributed by atoms with E-state index < -0.39 is 30.9 Å². The summed E-state index contributed by atoms with van der Waals surface area (Å²) in [6.45, 7) is 1.94. The molecule has 0 spiro atoms. The first kappa shape index (κ1) is 20.5. The smallest absolute Gasteiger partial charge is 0.384 e. The highest BCUT2D eigenvalue weighted by Gasteiger charge is 2.45. The number of halogens is 5. The van der Waals surface area contributed by atoms with Crippen LogP contribution in [-0.4, -0.2) is 59.8 Å². The lowest BCUT2D eigenvalue weighted by Gasteiger charge is -2.40. The summed E-state index contributed by atoms with van der Waals surface area (Å²) in [5, 5.41) is 0. The minimum Gasteiger partial charge on any atom is -0.384 e. The van der Waals surface area contributed by atoms with Crippen molar-refractivity contribution in [2.75, 3.05) is 48.4 Å². The second kappa shape index (κ2) is 7.18. The van der Waals surface area contributed by atoms with Crippen molar-refractivity contribution in [3.8, 4) is 11.3 Å². The first-order valence-corrected chi connectivity index (χ1v) is 9.24. The van der Waals surface area contributed by atoms with E-state index in [9.17, 15) is 22.0 Å². The van der Waals surface area contributed by atoms with Gasteiger partial charge in [0, 0.05) is 18.2 Å². The van der Waals surface area contributed by atoms with Crippen LogP contribution in [0, 0.1) is 0 Å². The van der Waals surface area contributed by atoms with Gasteiger partial charge in [-0.3, -0.25) is 0 Å².